The Labute approximate surface area is 121 Å². The number of hydrogen-bond donors (Lipinski definition) is 1. The number of halogens is 1. The van der Waals surface area contributed by atoms with E-state index in [0.717, 1.165) is 11.1 Å². The summed E-state index contributed by atoms with van der Waals surface area (Å²) in [5.74, 6) is 0.439. The van der Waals surface area contributed by atoms with Crippen molar-refractivity contribution in [3.05, 3.63) is 52.8 Å². The van der Waals surface area contributed by atoms with Crippen LogP contribution in [0.25, 0.3) is 0 Å². The van der Waals surface area contributed by atoms with Crippen molar-refractivity contribution in [1.29, 1.82) is 0 Å². The molecule has 1 aliphatic heterocycles. The molecule has 5 nitrogen and oxygen atoms in total. The molecular formula is C14H14ClN5. The third-order valence-corrected chi connectivity index (χ3v) is 3.55. The summed E-state index contributed by atoms with van der Waals surface area (Å²) in [4.78, 5) is 9.25. The summed E-state index contributed by atoms with van der Waals surface area (Å²) in [7, 11) is 1.85. The molecular weight excluding hydrogens is 274 g/mol. The van der Waals surface area contributed by atoms with Crippen molar-refractivity contribution in [3.8, 4) is 0 Å². The van der Waals surface area contributed by atoms with Crippen LogP contribution in [0.5, 0.6) is 0 Å². The van der Waals surface area contributed by atoms with E-state index in [2.05, 4.69) is 15.1 Å². The first-order chi connectivity index (χ1) is 9.51. The maximum absolute atomic E-state index is 6.10. The van der Waals surface area contributed by atoms with Crippen molar-refractivity contribution < 1.29 is 0 Å². The van der Waals surface area contributed by atoms with Crippen LogP contribution >= 0.6 is 11.6 Å². The molecule has 0 amide bonds. The van der Waals surface area contributed by atoms with Gasteiger partial charge < -0.3 is 5.73 Å². The van der Waals surface area contributed by atoms with Crippen LogP contribution in [0.15, 0.2) is 46.6 Å². The smallest absolute Gasteiger partial charge is 0.207 e. The van der Waals surface area contributed by atoms with E-state index in [4.69, 9.17) is 17.3 Å². The van der Waals surface area contributed by atoms with Gasteiger partial charge in [0.15, 0.2) is 0 Å². The van der Waals surface area contributed by atoms with Gasteiger partial charge in [-0.2, -0.15) is 5.10 Å². The maximum Gasteiger partial charge on any atom is 0.207 e. The summed E-state index contributed by atoms with van der Waals surface area (Å²) in [6.45, 7) is 1.85. The van der Waals surface area contributed by atoms with Crippen molar-refractivity contribution in [2.24, 2.45) is 22.8 Å². The molecule has 1 aliphatic rings. The van der Waals surface area contributed by atoms with Crippen LogP contribution in [0.4, 0.5) is 0 Å². The molecule has 3 rings (SSSR count). The van der Waals surface area contributed by atoms with E-state index < -0.39 is 5.66 Å². The monoisotopic (exact) mass is 287 g/mol. The molecule has 1 aromatic carbocycles. The number of aryl methyl sites for hydroxylation is 1. The Morgan fingerprint density at radius 2 is 2.05 bits per heavy atom. The first-order valence-corrected chi connectivity index (χ1v) is 6.56. The highest BCUT2D eigenvalue weighted by Crippen LogP contribution is 2.38. The third-order valence-electron chi connectivity index (χ3n) is 3.32. The van der Waals surface area contributed by atoms with Crippen molar-refractivity contribution in [2.75, 3.05) is 0 Å². The first-order valence-electron chi connectivity index (χ1n) is 6.18. The second kappa shape index (κ2) is 4.45. The van der Waals surface area contributed by atoms with Crippen LogP contribution in [-0.2, 0) is 12.7 Å². The summed E-state index contributed by atoms with van der Waals surface area (Å²) >= 11 is 6.10. The van der Waals surface area contributed by atoms with Gasteiger partial charge in [0, 0.05) is 29.4 Å². The lowest BCUT2D eigenvalue weighted by Crippen LogP contribution is -2.21. The van der Waals surface area contributed by atoms with Crippen LogP contribution in [0.2, 0.25) is 5.02 Å². The van der Waals surface area contributed by atoms with E-state index in [1.807, 2.05) is 44.4 Å². The molecule has 2 N–H and O–H groups in total. The van der Waals surface area contributed by atoms with E-state index >= 15 is 0 Å². The molecule has 2 aromatic rings. The Morgan fingerprint density at radius 1 is 1.25 bits per heavy atom. The highest BCUT2D eigenvalue weighted by atomic mass is 35.5. The Balaban J connectivity index is 2.26. The zero-order valence-corrected chi connectivity index (χ0v) is 12.0. The van der Waals surface area contributed by atoms with Crippen LogP contribution in [0, 0.1) is 0 Å². The summed E-state index contributed by atoms with van der Waals surface area (Å²) in [6.07, 6.45) is 3.64. The van der Waals surface area contributed by atoms with Crippen LogP contribution in [-0.4, -0.2) is 21.3 Å². The third kappa shape index (κ3) is 1.91. The topological polar surface area (TPSA) is 68.6 Å². The molecule has 0 saturated heterocycles. The quantitative estimate of drug-likeness (QED) is 0.919. The predicted molar refractivity (Wildman–Crippen MR) is 80.2 cm³/mol. The van der Waals surface area contributed by atoms with E-state index in [0.29, 0.717) is 16.6 Å². The lowest BCUT2D eigenvalue weighted by Gasteiger charge is -2.22. The van der Waals surface area contributed by atoms with Gasteiger partial charge >= 0.3 is 0 Å². The molecule has 0 aliphatic carbocycles. The standard InChI is InChI=1S/C14H14ClN5/c1-9-13(16)19-14(18-9,11-7-17-20(2)8-11)10-4-3-5-12(15)6-10/h3-8H,1-2H3,(H2,16,19). The minimum Gasteiger partial charge on any atom is -0.382 e. The van der Waals surface area contributed by atoms with E-state index in [1.54, 1.807) is 10.9 Å². The molecule has 0 radical (unpaired) electrons. The van der Waals surface area contributed by atoms with Gasteiger partial charge in [0.05, 0.1) is 11.9 Å². The van der Waals surface area contributed by atoms with Crippen LogP contribution in [0.1, 0.15) is 18.1 Å². The number of nitrogens with zero attached hydrogens (tertiary/aromatic N) is 4. The van der Waals surface area contributed by atoms with Gasteiger partial charge in [-0.25, -0.2) is 9.98 Å². The second-order valence-electron chi connectivity index (χ2n) is 4.78. The van der Waals surface area contributed by atoms with Crippen molar-refractivity contribution >= 4 is 23.1 Å². The summed E-state index contributed by atoms with van der Waals surface area (Å²) < 4.78 is 1.72. The molecule has 0 fully saturated rings. The number of aliphatic imine (C=N–C) groups is 2. The lowest BCUT2D eigenvalue weighted by atomic mass is 9.95. The molecule has 0 saturated carbocycles. The number of rotatable bonds is 2. The lowest BCUT2D eigenvalue weighted by molar-refractivity contribution is 0.587. The molecule has 1 aromatic heterocycles. The van der Waals surface area contributed by atoms with E-state index in [1.165, 1.54) is 0 Å². The van der Waals surface area contributed by atoms with Crippen LogP contribution in [0.3, 0.4) is 0 Å². The van der Waals surface area contributed by atoms with E-state index in [9.17, 15) is 0 Å². The Morgan fingerprint density at radius 3 is 2.60 bits per heavy atom. The zero-order chi connectivity index (χ0) is 14.3. The predicted octanol–water partition coefficient (Wildman–Crippen LogP) is 2.11. The highest BCUT2D eigenvalue weighted by molar-refractivity contribution is 6.41. The SMILES string of the molecule is CC1=NC(c2cccc(Cl)c2)(c2cnn(C)c2)N=C1N. The fourth-order valence-electron chi connectivity index (χ4n) is 2.31. The van der Waals surface area contributed by atoms with Gasteiger partial charge in [0.25, 0.3) is 0 Å². The average Bonchev–Trinajstić information content (AvgIpc) is 2.96. The molecule has 0 spiro atoms. The maximum atomic E-state index is 6.10. The van der Waals surface area contributed by atoms with Gasteiger partial charge in [0.2, 0.25) is 5.66 Å². The normalized spacial score (nSPS) is 21.8. The Hall–Kier alpha value is -2.14. The summed E-state index contributed by atoms with van der Waals surface area (Å²) in [6, 6.07) is 7.50. The number of hydrogen-bond acceptors (Lipinski definition) is 4. The van der Waals surface area contributed by atoms with Crippen LogP contribution < -0.4 is 5.73 Å². The Kier molecular flexibility index (Phi) is 2.87. The number of nitrogens with two attached hydrogens (primary N) is 1. The summed E-state index contributed by atoms with van der Waals surface area (Å²) in [5.41, 5.74) is 7.50. The molecule has 1 atom stereocenters. The largest absolute Gasteiger partial charge is 0.382 e. The molecule has 1 unspecified atom stereocenters. The van der Waals surface area contributed by atoms with Crippen molar-refractivity contribution in [1.82, 2.24) is 9.78 Å². The first kappa shape index (κ1) is 12.9. The fourth-order valence-corrected chi connectivity index (χ4v) is 2.50. The number of aromatic nitrogens is 2. The Bertz CT molecular complexity index is 711. The molecule has 0 bridgehead atoms. The second-order valence-corrected chi connectivity index (χ2v) is 5.22. The van der Waals surface area contributed by atoms with Gasteiger partial charge in [0.1, 0.15) is 5.84 Å². The van der Waals surface area contributed by atoms with Gasteiger partial charge in [-0.3, -0.25) is 4.68 Å². The van der Waals surface area contributed by atoms with E-state index in [-0.39, 0.29) is 0 Å². The molecule has 2 heterocycles. The average molecular weight is 288 g/mol. The minimum absolute atomic E-state index is 0.439. The summed E-state index contributed by atoms with van der Waals surface area (Å²) in [5, 5.41) is 4.85. The number of benzene rings is 1. The van der Waals surface area contributed by atoms with Gasteiger partial charge in [-0.1, -0.05) is 23.7 Å². The van der Waals surface area contributed by atoms with Crippen molar-refractivity contribution in [2.45, 2.75) is 12.6 Å². The fraction of sp³-hybridized carbons (Fsp3) is 0.214. The molecule has 20 heavy (non-hydrogen) atoms. The molecule has 6 heteroatoms. The van der Waals surface area contributed by atoms with Gasteiger partial charge in [-0.05, 0) is 19.1 Å². The number of amidine groups is 1. The van der Waals surface area contributed by atoms with Crippen molar-refractivity contribution in [3.63, 3.8) is 0 Å². The molecule has 102 valence electrons. The minimum atomic E-state index is -0.882. The highest BCUT2D eigenvalue weighted by Gasteiger charge is 2.39. The van der Waals surface area contributed by atoms with Gasteiger partial charge in [-0.15, -0.1) is 0 Å². The zero-order valence-electron chi connectivity index (χ0n) is 11.2.